The third-order valence-corrected chi connectivity index (χ3v) is 10.1. The Hall–Kier alpha value is -1.39. The highest BCUT2D eigenvalue weighted by molar-refractivity contribution is 9.10. The first-order valence-corrected chi connectivity index (χ1v) is 15.9. The highest BCUT2D eigenvalue weighted by atomic mass is 79.9. The molecule has 5 nitrogen and oxygen atoms in total. The van der Waals surface area contributed by atoms with Crippen LogP contribution in [0.3, 0.4) is 0 Å². The van der Waals surface area contributed by atoms with Crippen LogP contribution in [0, 0.1) is 13.8 Å². The number of aryl methyl sites for hydroxylation is 2. The molecule has 0 aliphatic carbocycles. The molecule has 2 aliphatic rings. The van der Waals surface area contributed by atoms with Crippen molar-refractivity contribution < 1.29 is 13.0 Å². The summed E-state index contributed by atoms with van der Waals surface area (Å²) in [6.07, 6.45) is 5.79. The van der Waals surface area contributed by atoms with Gasteiger partial charge in [0.1, 0.15) is 0 Å². The van der Waals surface area contributed by atoms with E-state index in [1.54, 1.807) is 11.8 Å². The Morgan fingerprint density at radius 2 is 1.91 bits per heavy atom. The molecule has 0 aromatic heterocycles. The maximum atomic E-state index is 11.2. The maximum Gasteiger partial charge on any atom is 0.213 e. The number of likely N-dealkylation sites (N-methyl/N-ethyl adjacent to an activating group) is 1. The van der Waals surface area contributed by atoms with E-state index in [9.17, 15) is 13.0 Å². The number of anilines is 2. The smallest absolute Gasteiger partial charge is 0.213 e. The maximum absolute atomic E-state index is 11.2. The monoisotopic (exact) mass is 594 g/mol. The minimum absolute atomic E-state index is 0.282. The van der Waals surface area contributed by atoms with E-state index in [0.717, 1.165) is 33.1 Å². The number of hydrogen-bond donors (Lipinski definition) is 0. The van der Waals surface area contributed by atoms with Gasteiger partial charge in [-0.15, -0.1) is 0 Å². The number of benzene rings is 2. The molecule has 0 N–H and O–H groups in total. The molecule has 0 bridgehead atoms. The van der Waals surface area contributed by atoms with E-state index in [1.165, 1.54) is 39.0 Å². The molecule has 4 rings (SSSR count). The Labute approximate surface area is 225 Å². The molecule has 0 amide bonds. The first-order chi connectivity index (χ1) is 16.6. The zero-order valence-corrected chi connectivity index (χ0v) is 24.5. The number of halogens is 1. The fourth-order valence-corrected chi connectivity index (χ4v) is 7.94. The molecule has 188 valence electrons. The summed E-state index contributed by atoms with van der Waals surface area (Å²) in [4.78, 5) is 7.13. The number of thioether (sulfide) groups is 1. The van der Waals surface area contributed by atoms with Gasteiger partial charge < -0.3 is 14.4 Å². The van der Waals surface area contributed by atoms with Gasteiger partial charge in [0.05, 0.1) is 26.5 Å². The molecular formula is C26H31BrN2O3S3. The molecule has 2 heterocycles. The molecule has 2 aromatic carbocycles. The van der Waals surface area contributed by atoms with Crippen LogP contribution in [0.1, 0.15) is 37.8 Å². The van der Waals surface area contributed by atoms with Crippen molar-refractivity contribution in [3.63, 3.8) is 0 Å². The van der Waals surface area contributed by atoms with Gasteiger partial charge in [-0.1, -0.05) is 34.6 Å². The van der Waals surface area contributed by atoms with Gasteiger partial charge in [-0.05, 0) is 92.8 Å². The van der Waals surface area contributed by atoms with Gasteiger partial charge in [0.2, 0.25) is 5.37 Å². The molecular weight excluding hydrogens is 564 g/mol. The lowest BCUT2D eigenvalue weighted by Gasteiger charge is -2.22. The minimum Gasteiger partial charge on any atom is -0.748 e. The lowest BCUT2D eigenvalue weighted by molar-refractivity contribution is 0.461. The Kier molecular flexibility index (Phi) is 8.32. The van der Waals surface area contributed by atoms with Crippen molar-refractivity contribution >= 4 is 60.9 Å². The summed E-state index contributed by atoms with van der Waals surface area (Å²) < 4.78 is 34.5. The van der Waals surface area contributed by atoms with Gasteiger partial charge >= 0.3 is 0 Å². The lowest BCUT2D eigenvalue weighted by Crippen LogP contribution is -2.30. The third-order valence-electron chi connectivity index (χ3n) is 6.38. The predicted molar refractivity (Wildman–Crippen MR) is 153 cm³/mol. The van der Waals surface area contributed by atoms with Crippen LogP contribution in [0.15, 0.2) is 67.3 Å². The van der Waals surface area contributed by atoms with Crippen molar-refractivity contribution in [3.8, 4) is 0 Å². The van der Waals surface area contributed by atoms with E-state index < -0.39 is 10.1 Å². The van der Waals surface area contributed by atoms with E-state index in [2.05, 4.69) is 89.8 Å². The van der Waals surface area contributed by atoms with Crippen molar-refractivity contribution in [1.29, 1.82) is 0 Å². The number of nitrogens with zero attached hydrogens (tertiary/aromatic N) is 2. The normalized spacial score (nSPS) is 19.0. The fourth-order valence-electron chi connectivity index (χ4n) is 4.39. The Balaban J connectivity index is 1.63. The summed E-state index contributed by atoms with van der Waals surface area (Å²) in [5.74, 6) is -0.356. The molecule has 35 heavy (non-hydrogen) atoms. The molecule has 0 saturated carbocycles. The van der Waals surface area contributed by atoms with Crippen molar-refractivity contribution in [3.05, 3.63) is 68.7 Å². The highest BCUT2D eigenvalue weighted by Crippen LogP contribution is 2.47. The van der Waals surface area contributed by atoms with Crippen molar-refractivity contribution in [2.75, 3.05) is 28.6 Å². The predicted octanol–water partition coefficient (Wildman–Crippen LogP) is 6.13. The van der Waals surface area contributed by atoms with E-state index in [4.69, 9.17) is 0 Å². The summed E-state index contributed by atoms with van der Waals surface area (Å²) in [7, 11) is -4.23. The molecule has 0 radical (unpaired) electrons. The molecule has 1 atom stereocenters. The van der Waals surface area contributed by atoms with Crippen molar-refractivity contribution in [2.24, 2.45) is 0 Å². The van der Waals surface area contributed by atoms with Gasteiger partial charge in [0, 0.05) is 40.0 Å². The zero-order valence-electron chi connectivity index (χ0n) is 20.4. The number of thiol groups is 1. The Bertz CT molecular complexity index is 1290. The molecule has 1 unspecified atom stereocenters. The summed E-state index contributed by atoms with van der Waals surface area (Å²) >= 11 is 6.55. The molecule has 0 spiro atoms. The van der Waals surface area contributed by atoms with E-state index >= 15 is 0 Å². The number of allylic oxidation sites excluding steroid dienone is 2. The standard InChI is InChI=1S/C26H31BrN2O3S3/c1-5-19(14-25-28(6-2)21-12-17(3)18(4)13-24(21)34-25)15-26-29(10-7-11-35(30,31)32)22-16-20(27)8-9-23(22)33-26/h8-9,12-16,25H,5-7,10-11H2,1-4H3,(H,30,31,32)/b19-14+,26-15-. The minimum atomic E-state index is -4.23. The van der Waals surface area contributed by atoms with Crippen LogP contribution < -0.4 is 9.80 Å². The molecule has 2 aliphatic heterocycles. The largest absolute Gasteiger partial charge is 0.748 e. The number of hydrogen-bond acceptors (Lipinski definition) is 6. The van der Waals surface area contributed by atoms with Crippen molar-refractivity contribution in [2.45, 2.75) is 55.7 Å². The lowest BCUT2D eigenvalue weighted by atomic mass is 10.1. The summed E-state index contributed by atoms with van der Waals surface area (Å²) in [5, 5.41) is 1.35. The molecule has 9 heteroatoms. The molecule has 0 fully saturated rings. The highest BCUT2D eigenvalue weighted by Gasteiger charge is 2.36. The topological polar surface area (TPSA) is 63.7 Å². The average Bonchev–Trinajstić information content (AvgIpc) is 3.29. The Morgan fingerprint density at radius 3 is 2.60 bits per heavy atom. The van der Waals surface area contributed by atoms with Gasteiger partial charge in [0.25, 0.3) is 0 Å². The van der Waals surface area contributed by atoms with Gasteiger partial charge in [-0.3, -0.25) is 0 Å². The second kappa shape index (κ2) is 10.9. The summed E-state index contributed by atoms with van der Waals surface area (Å²) in [6.45, 7) is 10.1. The third kappa shape index (κ3) is 6.13. The SMILES string of the molecule is CCC(/C=C1\Sc2ccc(Br)cc2N1CCCS(=O)(=O)[O-])=C\C1[SH+]c2cc(C)c(C)cc2N1CC. The second-order valence-electron chi connectivity index (χ2n) is 8.81. The Morgan fingerprint density at radius 1 is 1.17 bits per heavy atom. The summed E-state index contributed by atoms with van der Waals surface area (Å²) in [5.41, 5.74) is 6.27. The van der Waals surface area contributed by atoms with Crippen LogP contribution >= 0.6 is 27.7 Å². The van der Waals surface area contributed by atoms with Gasteiger partial charge in [-0.25, -0.2) is 8.42 Å². The fraction of sp³-hybridized carbons (Fsp3) is 0.385. The van der Waals surface area contributed by atoms with Crippen LogP contribution in [-0.2, 0) is 21.9 Å². The second-order valence-corrected chi connectivity index (χ2v) is 13.6. The van der Waals surface area contributed by atoms with Crippen molar-refractivity contribution in [1.82, 2.24) is 0 Å². The quantitative estimate of drug-likeness (QED) is 0.208. The van der Waals surface area contributed by atoms with E-state index in [0.29, 0.717) is 13.0 Å². The first-order valence-electron chi connectivity index (χ1n) is 11.8. The van der Waals surface area contributed by atoms with Crippen LogP contribution in [0.5, 0.6) is 0 Å². The van der Waals surface area contributed by atoms with Crippen LogP contribution in [0.2, 0.25) is 0 Å². The average molecular weight is 596 g/mol. The van der Waals surface area contributed by atoms with Crippen LogP contribution in [0.4, 0.5) is 11.4 Å². The molecule has 2 aromatic rings. The number of rotatable bonds is 8. The van der Waals surface area contributed by atoms with E-state index in [-0.39, 0.29) is 11.1 Å². The van der Waals surface area contributed by atoms with Gasteiger partial charge in [0.15, 0.2) is 4.90 Å². The summed E-state index contributed by atoms with van der Waals surface area (Å²) in [6, 6.07) is 10.8. The first kappa shape index (κ1) is 26.7. The van der Waals surface area contributed by atoms with E-state index in [1.807, 2.05) is 6.07 Å². The zero-order chi connectivity index (χ0) is 25.3. The van der Waals surface area contributed by atoms with Crippen LogP contribution in [0.25, 0.3) is 0 Å². The number of fused-ring (bicyclic) bond motifs is 2. The van der Waals surface area contributed by atoms with Crippen LogP contribution in [-0.4, -0.2) is 37.2 Å². The molecule has 0 saturated heterocycles. The van der Waals surface area contributed by atoms with Gasteiger partial charge in [-0.2, -0.15) is 0 Å².